The van der Waals surface area contributed by atoms with Gasteiger partial charge in [0.25, 0.3) is 0 Å². The lowest BCUT2D eigenvalue weighted by Crippen LogP contribution is -2.50. The molecule has 0 saturated carbocycles. The van der Waals surface area contributed by atoms with Crippen LogP contribution in [-0.4, -0.2) is 54.6 Å². The van der Waals surface area contributed by atoms with Crippen LogP contribution < -0.4 is 14.8 Å². The fourth-order valence-electron chi connectivity index (χ4n) is 3.75. The minimum absolute atomic E-state index is 0.0172. The van der Waals surface area contributed by atoms with E-state index in [-0.39, 0.29) is 6.23 Å². The average Bonchev–Trinajstić information content (AvgIpc) is 3.17. The summed E-state index contributed by atoms with van der Waals surface area (Å²) >= 11 is 0. The fraction of sp³-hybridized carbons (Fsp3) is 0.409. The Kier molecular flexibility index (Phi) is 6.09. The molecule has 6 nitrogen and oxygen atoms in total. The first-order valence-electron chi connectivity index (χ1n) is 9.92. The topological polar surface area (TPSA) is 62.4 Å². The van der Waals surface area contributed by atoms with Crippen molar-refractivity contribution in [2.75, 3.05) is 33.3 Å². The summed E-state index contributed by atoms with van der Waals surface area (Å²) in [6, 6.07) is 16.9. The van der Waals surface area contributed by atoms with E-state index in [1.165, 1.54) is 5.39 Å². The van der Waals surface area contributed by atoms with Gasteiger partial charge >= 0.3 is 0 Å². The highest BCUT2D eigenvalue weighted by Crippen LogP contribution is 2.28. The number of aromatic amines is 1. The van der Waals surface area contributed by atoms with E-state index >= 15 is 0 Å². The number of aryl methyl sites for hydroxylation is 1. The first-order valence-corrected chi connectivity index (χ1v) is 9.92. The first-order chi connectivity index (χ1) is 13.8. The molecule has 1 radical (unpaired) electrons. The van der Waals surface area contributed by atoms with Gasteiger partial charge in [0.05, 0.1) is 18.3 Å². The van der Waals surface area contributed by atoms with E-state index in [0.717, 1.165) is 68.2 Å². The van der Waals surface area contributed by atoms with Crippen molar-refractivity contribution in [1.29, 1.82) is 0 Å². The summed E-state index contributed by atoms with van der Waals surface area (Å²) in [4.78, 5) is 2.41. The maximum absolute atomic E-state index is 6.41. The molecule has 1 aliphatic rings. The van der Waals surface area contributed by atoms with Crippen molar-refractivity contribution in [1.82, 2.24) is 20.4 Å². The smallest absolute Gasteiger partial charge is 0.163 e. The zero-order valence-corrected chi connectivity index (χ0v) is 16.3. The van der Waals surface area contributed by atoms with Gasteiger partial charge in [0, 0.05) is 31.6 Å². The molecule has 2 N–H and O–H groups in total. The van der Waals surface area contributed by atoms with E-state index in [4.69, 9.17) is 9.47 Å². The standard InChI is InChI=1S/C22H27N4O2/c1-27-20-10-4-5-11-21(20)28-22(26-15-13-23-14-16-26)12-6-9-19-17-7-2-3-8-18(17)24-25-19/h2-3,5,7-8,10-11,22-23H,6,9,12-16H2,1H3,(H,24,25). The molecule has 1 saturated heterocycles. The van der Waals surface area contributed by atoms with E-state index in [0.29, 0.717) is 0 Å². The number of para-hydroxylation sites is 1. The van der Waals surface area contributed by atoms with Gasteiger partial charge in [0.1, 0.15) is 0 Å². The second kappa shape index (κ2) is 9.08. The highest BCUT2D eigenvalue weighted by atomic mass is 16.5. The van der Waals surface area contributed by atoms with Crippen LogP contribution in [0.15, 0.2) is 42.5 Å². The Bertz CT molecular complexity index is 889. The molecule has 1 fully saturated rings. The Labute approximate surface area is 165 Å². The minimum atomic E-state index is 0.0172. The average molecular weight is 379 g/mol. The third kappa shape index (κ3) is 4.29. The van der Waals surface area contributed by atoms with E-state index in [9.17, 15) is 0 Å². The molecule has 1 aromatic heterocycles. The molecule has 147 valence electrons. The summed E-state index contributed by atoms with van der Waals surface area (Å²) in [5.74, 6) is 1.50. The van der Waals surface area contributed by atoms with Crippen LogP contribution in [0.4, 0.5) is 0 Å². The van der Waals surface area contributed by atoms with Crippen LogP contribution in [0, 0.1) is 6.07 Å². The van der Waals surface area contributed by atoms with Gasteiger partial charge in [-0.3, -0.25) is 10.00 Å². The van der Waals surface area contributed by atoms with Gasteiger partial charge in [0.2, 0.25) is 0 Å². The van der Waals surface area contributed by atoms with Crippen LogP contribution >= 0.6 is 0 Å². The Morgan fingerprint density at radius 1 is 1.18 bits per heavy atom. The Morgan fingerprint density at radius 2 is 2.04 bits per heavy atom. The first kappa shape index (κ1) is 18.8. The molecule has 0 bridgehead atoms. The highest BCUT2D eigenvalue weighted by molar-refractivity contribution is 5.81. The van der Waals surface area contributed by atoms with Crippen LogP contribution in [0.2, 0.25) is 0 Å². The third-order valence-electron chi connectivity index (χ3n) is 5.24. The maximum atomic E-state index is 6.41. The summed E-state index contributed by atoms with van der Waals surface area (Å²) in [6.45, 7) is 3.95. The minimum Gasteiger partial charge on any atom is -0.493 e. The number of rotatable bonds is 8. The third-order valence-corrected chi connectivity index (χ3v) is 5.24. The van der Waals surface area contributed by atoms with Crippen molar-refractivity contribution in [3.8, 4) is 11.5 Å². The predicted octanol–water partition coefficient (Wildman–Crippen LogP) is 3.00. The van der Waals surface area contributed by atoms with Gasteiger partial charge in [-0.2, -0.15) is 5.10 Å². The second-order valence-corrected chi connectivity index (χ2v) is 7.04. The van der Waals surface area contributed by atoms with Crippen molar-refractivity contribution in [3.05, 3.63) is 54.2 Å². The van der Waals surface area contributed by atoms with Gasteiger partial charge in [-0.25, -0.2) is 0 Å². The molecule has 1 aliphatic heterocycles. The van der Waals surface area contributed by atoms with Crippen LogP contribution in [-0.2, 0) is 6.42 Å². The molecule has 3 aromatic rings. The van der Waals surface area contributed by atoms with Crippen LogP contribution in [0.1, 0.15) is 18.5 Å². The summed E-state index contributed by atoms with van der Waals surface area (Å²) in [6.07, 6.45) is 2.88. The normalized spacial score (nSPS) is 16.2. The van der Waals surface area contributed by atoms with Crippen molar-refractivity contribution in [2.24, 2.45) is 0 Å². The van der Waals surface area contributed by atoms with Crippen molar-refractivity contribution in [3.63, 3.8) is 0 Å². The number of nitrogens with zero attached hydrogens (tertiary/aromatic N) is 2. The zero-order chi connectivity index (χ0) is 19.2. The van der Waals surface area contributed by atoms with Gasteiger partial charge in [0.15, 0.2) is 17.7 Å². The molecule has 6 heteroatoms. The lowest BCUT2D eigenvalue weighted by molar-refractivity contribution is 0.00803. The number of fused-ring (bicyclic) bond motifs is 1. The summed E-state index contributed by atoms with van der Waals surface area (Å²) in [5, 5.41) is 12.3. The summed E-state index contributed by atoms with van der Waals surface area (Å²) in [7, 11) is 1.67. The van der Waals surface area contributed by atoms with Crippen molar-refractivity contribution >= 4 is 10.9 Å². The van der Waals surface area contributed by atoms with E-state index < -0.39 is 0 Å². The maximum Gasteiger partial charge on any atom is 0.163 e. The quantitative estimate of drug-likeness (QED) is 0.630. The number of ether oxygens (including phenoxy) is 2. The molecule has 0 aliphatic carbocycles. The van der Waals surface area contributed by atoms with Gasteiger partial charge in [-0.15, -0.1) is 0 Å². The van der Waals surface area contributed by atoms with Crippen LogP contribution in [0.5, 0.6) is 11.5 Å². The lowest BCUT2D eigenvalue weighted by atomic mass is 10.1. The summed E-state index contributed by atoms with van der Waals surface area (Å²) < 4.78 is 11.9. The molecular weight excluding hydrogens is 352 g/mol. The monoisotopic (exact) mass is 379 g/mol. The van der Waals surface area contributed by atoms with Crippen molar-refractivity contribution < 1.29 is 9.47 Å². The SMILES string of the molecule is COc1c[c]ccc1OC(CCCc1n[nH]c2ccccc12)N1CCNCC1. The number of hydrogen-bond donors (Lipinski definition) is 2. The Morgan fingerprint density at radius 3 is 2.89 bits per heavy atom. The number of benzene rings is 2. The lowest BCUT2D eigenvalue weighted by Gasteiger charge is -2.35. The fourth-order valence-corrected chi connectivity index (χ4v) is 3.75. The molecule has 1 atom stereocenters. The molecule has 0 spiro atoms. The number of H-pyrrole nitrogens is 1. The molecular formula is C22H27N4O2. The molecule has 4 rings (SSSR count). The summed E-state index contributed by atoms with van der Waals surface area (Å²) in [5.41, 5.74) is 2.22. The zero-order valence-electron chi connectivity index (χ0n) is 16.3. The number of hydrogen-bond acceptors (Lipinski definition) is 5. The number of piperazine rings is 1. The molecule has 1 unspecified atom stereocenters. The van der Waals surface area contributed by atoms with E-state index in [2.05, 4.69) is 44.7 Å². The molecule has 0 amide bonds. The number of nitrogens with one attached hydrogen (secondary N) is 2. The molecule has 2 aromatic carbocycles. The second-order valence-electron chi connectivity index (χ2n) is 7.04. The van der Waals surface area contributed by atoms with Crippen molar-refractivity contribution in [2.45, 2.75) is 25.5 Å². The van der Waals surface area contributed by atoms with Crippen LogP contribution in [0.25, 0.3) is 10.9 Å². The largest absolute Gasteiger partial charge is 0.493 e. The number of methoxy groups -OCH3 is 1. The number of aromatic nitrogens is 2. The van der Waals surface area contributed by atoms with Crippen LogP contribution in [0.3, 0.4) is 0 Å². The predicted molar refractivity (Wildman–Crippen MR) is 110 cm³/mol. The highest BCUT2D eigenvalue weighted by Gasteiger charge is 2.23. The van der Waals surface area contributed by atoms with Gasteiger partial charge < -0.3 is 14.8 Å². The Hall–Kier alpha value is -2.57. The van der Waals surface area contributed by atoms with Gasteiger partial charge in [-0.05, 0) is 43.5 Å². The molecule has 2 heterocycles. The Balaban J connectivity index is 1.44. The van der Waals surface area contributed by atoms with E-state index in [1.54, 1.807) is 7.11 Å². The molecule has 28 heavy (non-hydrogen) atoms. The van der Waals surface area contributed by atoms with Gasteiger partial charge in [-0.1, -0.05) is 24.3 Å². The van der Waals surface area contributed by atoms with E-state index in [1.807, 2.05) is 24.3 Å².